The summed E-state index contributed by atoms with van der Waals surface area (Å²) < 4.78 is 21.1. The van der Waals surface area contributed by atoms with Crippen LogP contribution in [0, 0.1) is 12.7 Å². The first-order valence-corrected chi connectivity index (χ1v) is 6.15. The Labute approximate surface area is 114 Å². The Hall–Kier alpha value is -2.47. The maximum absolute atomic E-state index is 13.7. The van der Waals surface area contributed by atoms with E-state index < -0.39 is 0 Å². The second-order valence-corrected chi connectivity index (χ2v) is 4.37. The van der Waals surface area contributed by atoms with Gasteiger partial charge >= 0.3 is 0 Å². The van der Waals surface area contributed by atoms with Crippen molar-refractivity contribution in [2.75, 3.05) is 0 Å². The molecule has 3 rings (SSSR count). The highest BCUT2D eigenvalue weighted by molar-refractivity contribution is 5.58. The minimum absolute atomic E-state index is 0.0589. The number of aromatic nitrogens is 3. The molecule has 0 bridgehead atoms. The Morgan fingerprint density at radius 2 is 2.25 bits per heavy atom. The summed E-state index contributed by atoms with van der Waals surface area (Å²) in [4.78, 5) is 4.17. The van der Waals surface area contributed by atoms with E-state index in [9.17, 15) is 4.39 Å². The third-order valence-electron chi connectivity index (χ3n) is 2.96. The van der Waals surface area contributed by atoms with Crippen LogP contribution in [0.25, 0.3) is 5.52 Å². The molecule has 0 saturated heterocycles. The number of nitrogens with zero attached hydrogens (tertiary/aromatic N) is 3. The number of benzene rings is 1. The van der Waals surface area contributed by atoms with Crippen LogP contribution in [0.15, 0.2) is 36.7 Å². The number of hydrogen-bond donors (Lipinski definition) is 1. The van der Waals surface area contributed by atoms with Crippen LogP contribution in [0.2, 0.25) is 0 Å². The molecule has 0 spiro atoms. The van der Waals surface area contributed by atoms with Crippen molar-refractivity contribution in [3.63, 3.8) is 0 Å². The van der Waals surface area contributed by atoms with Gasteiger partial charge in [-0.2, -0.15) is 5.10 Å². The normalized spacial score (nSPS) is 10.9. The van der Waals surface area contributed by atoms with Gasteiger partial charge in [-0.3, -0.25) is 0 Å². The van der Waals surface area contributed by atoms with E-state index in [1.165, 1.54) is 6.07 Å². The van der Waals surface area contributed by atoms with Crippen LogP contribution in [-0.2, 0) is 6.54 Å². The standard InChI is InChI=1S/C14H13FN4O/c1-9-7-12-14(17-5-6-19(12)18-9)20-13-4-2-3-11(15)10(13)8-16/h2-7H,8,16H2,1H3. The third kappa shape index (κ3) is 2.10. The van der Waals surface area contributed by atoms with Crippen LogP contribution < -0.4 is 10.5 Å². The van der Waals surface area contributed by atoms with Gasteiger partial charge in [-0.25, -0.2) is 13.9 Å². The first-order chi connectivity index (χ1) is 9.69. The van der Waals surface area contributed by atoms with Gasteiger partial charge in [-0.1, -0.05) is 6.07 Å². The second kappa shape index (κ2) is 4.90. The maximum Gasteiger partial charge on any atom is 0.245 e. The number of hydrogen-bond acceptors (Lipinski definition) is 4. The van der Waals surface area contributed by atoms with Crippen molar-refractivity contribution in [3.8, 4) is 11.6 Å². The van der Waals surface area contributed by atoms with Gasteiger partial charge in [0.05, 0.1) is 5.69 Å². The monoisotopic (exact) mass is 272 g/mol. The van der Waals surface area contributed by atoms with Crippen molar-refractivity contribution in [2.45, 2.75) is 13.5 Å². The summed E-state index contributed by atoms with van der Waals surface area (Å²) in [5.41, 5.74) is 7.46. The Balaban J connectivity index is 2.08. The van der Waals surface area contributed by atoms with Crippen LogP contribution in [0.5, 0.6) is 11.6 Å². The minimum atomic E-state index is -0.387. The van der Waals surface area contributed by atoms with Crippen LogP contribution in [-0.4, -0.2) is 14.6 Å². The Morgan fingerprint density at radius 1 is 1.40 bits per heavy atom. The van der Waals surface area contributed by atoms with E-state index in [1.807, 2.05) is 13.0 Å². The predicted octanol–water partition coefficient (Wildman–Crippen LogP) is 2.43. The van der Waals surface area contributed by atoms with E-state index in [1.54, 1.807) is 29.0 Å². The van der Waals surface area contributed by atoms with Crippen LogP contribution in [0.3, 0.4) is 0 Å². The molecule has 6 heteroatoms. The fraction of sp³-hybridized carbons (Fsp3) is 0.143. The smallest absolute Gasteiger partial charge is 0.245 e. The van der Waals surface area contributed by atoms with Crippen molar-refractivity contribution in [2.24, 2.45) is 5.73 Å². The molecule has 2 heterocycles. The number of halogens is 1. The van der Waals surface area contributed by atoms with Gasteiger partial charge in [0.1, 0.15) is 17.1 Å². The van der Waals surface area contributed by atoms with Crippen LogP contribution in [0.4, 0.5) is 4.39 Å². The molecule has 0 aliphatic carbocycles. The van der Waals surface area contributed by atoms with Crippen molar-refractivity contribution >= 4 is 5.52 Å². The topological polar surface area (TPSA) is 65.4 Å². The van der Waals surface area contributed by atoms with E-state index in [4.69, 9.17) is 10.5 Å². The molecular weight excluding hydrogens is 259 g/mol. The summed E-state index contributed by atoms with van der Waals surface area (Å²) in [6, 6.07) is 6.45. The van der Waals surface area contributed by atoms with E-state index in [0.29, 0.717) is 17.2 Å². The molecule has 2 aromatic heterocycles. The number of aryl methyl sites for hydroxylation is 1. The number of rotatable bonds is 3. The summed E-state index contributed by atoms with van der Waals surface area (Å²) in [5.74, 6) is 0.349. The zero-order valence-corrected chi connectivity index (χ0v) is 10.9. The predicted molar refractivity (Wildman–Crippen MR) is 72.1 cm³/mol. The van der Waals surface area contributed by atoms with Gasteiger partial charge in [-0.15, -0.1) is 0 Å². The van der Waals surface area contributed by atoms with E-state index in [2.05, 4.69) is 10.1 Å². The van der Waals surface area contributed by atoms with Gasteiger partial charge in [0.15, 0.2) is 0 Å². The Kier molecular flexibility index (Phi) is 3.08. The van der Waals surface area contributed by atoms with Gasteiger partial charge < -0.3 is 10.5 Å². The van der Waals surface area contributed by atoms with Crippen molar-refractivity contribution in [1.29, 1.82) is 0 Å². The molecule has 5 nitrogen and oxygen atoms in total. The summed E-state index contributed by atoms with van der Waals surface area (Å²) in [7, 11) is 0. The molecule has 0 aliphatic heterocycles. The SMILES string of the molecule is Cc1cc2c(Oc3cccc(F)c3CN)nccn2n1. The number of nitrogens with two attached hydrogens (primary N) is 1. The lowest BCUT2D eigenvalue weighted by atomic mass is 10.2. The molecule has 2 N–H and O–H groups in total. The number of ether oxygens (including phenoxy) is 1. The van der Waals surface area contributed by atoms with Crippen LogP contribution >= 0.6 is 0 Å². The van der Waals surface area contributed by atoms with Gasteiger partial charge in [0, 0.05) is 24.5 Å². The molecule has 20 heavy (non-hydrogen) atoms. The molecular formula is C14H13FN4O. The molecule has 0 aliphatic rings. The van der Waals surface area contributed by atoms with Gasteiger partial charge in [-0.05, 0) is 25.1 Å². The number of fused-ring (bicyclic) bond motifs is 1. The highest BCUT2D eigenvalue weighted by Crippen LogP contribution is 2.28. The zero-order valence-electron chi connectivity index (χ0n) is 10.9. The van der Waals surface area contributed by atoms with E-state index >= 15 is 0 Å². The van der Waals surface area contributed by atoms with Gasteiger partial charge in [0.2, 0.25) is 5.88 Å². The maximum atomic E-state index is 13.7. The summed E-state index contributed by atoms with van der Waals surface area (Å²) in [5, 5.41) is 4.27. The summed E-state index contributed by atoms with van der Waals surface area (Å²) in [6.07, 6.45) is 3.31. The average Bonchev–Trinajstić information content (AvgIpc) is 2.80. The van der Waals surface area contributed by atoms with Crippen molar-refractivity contribution in [1.82, 2.24) is 14.6 Å². The van der Waals surface area contributed by atoms with Crippen LogP contribution in [0.1, 0.15) is 11.3 Å². The first-order valence-electron chi connectivity index (χ1n) is 6.15. The van der Waals surface area contributed by atoms with Crippen molar-refractivity contribution < 1.29 is 9.13 Å². The molecule has 0 radical (unpaired) electrons. The summed E-state index contributed by atoms with van der Waals surface area (Å²) >= 11 is 0. The molecule has 0 unspecified atom stereocenters. The molecule has 1 aromatic carbocycles. The highest BCUT2D eigenvalue weighted by Gasteiger charge is 2.12. The summed E-state index contributed by atoms with van der Waals surface area (Å²) in [6.45, 7) is 1.94. The lowest BCUT2D eigenvalue weighted by molar-refractivity contribution is 0.452. The zero-order chi connectivity index (χ0) is 14.1. The van der Waals surface area contributed by atoms with E-state index in [-0.39, 0.29) is 12.4 Å². The average molecular weight is 272 g/mol. The van der Waals surface area contributed by atoms with Crippen molar-refractivity contribution in [3.05, 3.63) is 53.7 Å². The first kappa shape index (κ1) is 12.6. The highest BCUT2D eigenvalue weighted by atomic mass is 19.1. The van der Waals surface area contributed by atoms with E-state index in [0.717, 1.165) is 11.2 Å². The quantitative estimate of drug-likeness (QED) is 0.795. The third-order valence-corrected chi connectivity index (χ3v) is 2.96. The second-order valence-electron chi connectivity index (χ2n) is 4.37. The molecule has 102 valence electrons. The molecule has 0 fully saturated rings. The fourth-order valence-electron chi connectivity index (χ4n) is 2.04. The lowest BCUT2D eigenvalue weighted by Crippen LogP contribution is -2.03. The lowest BCUT2D eigenvalue weighted by Gasteiger charge is -2.10. The Bertz CT molecular complexity index is 769. The molecule has 0 amide bonds. The molecule has 3 aromatic rings. The minimum Gasteiger partial charge on any atom is -0.437 e. The molecule has 0 saturated carbocycles. The fourth-order valence-corrected chi connectivity index (χ4v) is 2.04. The Morgan fingerprint density at radius 3 is 3.05 bits per heavy atom. The van der Waals surface area contributed by atoms with Gasteiger partial charge in [0.25, 0.3) is 0 Å². The largest absolute Gasteiger partial charge is 0.437 e. The molecule has 0 atom stereocenters.